The van der Waals surface area contributed by atoms with Gasteiger partial charge in [-0.15, -0.1) is 0 Å². The third-order valence-electron chi connectivity index (χ3n) is 2.85. The van der Waals surface area contributed by atoms with Crippen LogP contribution in [0.5, 0.6) is 0 Å². The topological polar surface area (TPSA) is 63.4 Å². The van der Waals surface area contributed by atoms with Crippen molar-refractivity contribution in [3.05, 3.63) is 0 Å². The van der Waals surface area contributed by atoms with Gasteiger partial charge in [-0.3, -0.25) is 9.59 Å². The molecule has 0 spiro atoms. The largest absolute Gasteiger partial charge is 0.368 e. The molecule has 0 radical (unpaired) electrons. The summed E-state index contributed by atoms with van der Waals surface area (Å²) in [7, 11) is 0. The van der Waals surface area contributed by atoms with E-state index in [1.807, 2.05) is 0 Å². The van der Waals surface area contributed by atoms with Crippen LogP contribution < -0.4 is 5.73 Å². The lowest BCUT2D eigenvalue weighted by Crippen LogP contribution is -2.38. The lowest BCUT2D eigenvalue weighted by Gasteiger charge is -2.18. The summed E-state index contributed by atoms with van der Waals surface area (Å²) in [5.41, 5.74) is 5.07. The molecule has 1 unspecified atom stereocenters. The summed E-state index contributed by atoms with van der Waals surface area (Å²) in [6.07, 6.45) is 3.61. The molecule has 0 aromatic heterocycles. The lowest BCUT2D eigenvalue weighted by molar-refractivity contribution is -0.134. The first-order chi connectivity index (χ1) is 6.63. The van der Waals surface area contributed by atoms with E-state index in [2.05, 4.69) is 6.92 Å². The molecule has 80 valence electrons. The predicted molar refractivity (Wildman–Crippen MR) is 53.4 cm³/mol. The van der Waals surface area contributed by atoms with Crippen LogP contribution in [0.3, 0.4) is 0 Å². The van der Waals surface area contributed by atoms with Crippen molar-refractivity contribution < 1.29 is 9.59 Å². The summed E-state index contributed by atoms with van der Waals surface area (Å²) in [6, 6.07) is 0. The monoisotopic (exact) mass is 198 g/mol. The molecule has 14 heavy (non-hydrogen) atoms. The van der Waals surface area contributed by atoms with Crippen molar-refractivity contribution in [1.82, 2.24) is 4.90 Å². The van der Waals surface area contributed by atoms with Crippen molar-refractivity contribution in [2.45, 2.75) is 32.6 Å². The average Bonchev–Trinajstić information content (AvgIpc) is 2.30. The summed E-state index contributed by atoms with van der Waals surface area (Å²) in [5, 5.41) is 0. The maximum atomic E-state index is 11.5. The molecule has 4 nitrogen and oxygen atoms in total. The van der Waals surface area contributed by atoms with Crippen molar-refractivity contribution in [3.63, 3.8) is 0 Å². The highest BCUT2D eigenvalue weighted by Gasteiger charge is 2.22. The number of nitrogens with zero attached hydrogens (tertiary/aromatic N) is 1. The summed E-state index contributed by atoms with van der Waals surface area (Å²) < 4.78 is 0. The minimum atomic E-state index is -0.423. The normalized spacial score (nSPS) is 23.4. The molecule has 2 N–H and O–H groups in total. The highest BCUT2D eigenvalue weighted by molar-refractivity contribution is 5.83. The molecular formula is C10H18N2O2. The second-order valence-electron chi connectivity index (χ2n) is 3.88. The van der Waals surface area contributed by atoms with E-state index in [9.17, 15) is 9.59 Å². The molecule has 1 saturated heterocycles. The van der Waals surface area contributed by atoms with Crippen molar-refractivity contribution in [3.8, 4) is 0 Å². The molecule has 1 rings (SSSR count). The van der Waals surface area contributed by atoms with Gasteiger partial charge in [0.1, 0.15) is 0 Å². The fraction of sp³-hybridized carbons (Fsp3) is 0.800. The number of carbonyl (C=O) groups excluding carboxylic acids is 2. The molecule has 0 aromatic carbocycles. The highest BCUT2D eigenvalue weighted by atomic mass is 16.2. The van der Waals surface area contributed by atoms with Crippen molar-refractivity contribution in [2.24, 2.45) is 11.7 Å². The highest BCUT2D eigenvalue weighted by Crippen LogP contribution is 2.20. The van der Waals surface area contributed by atoms with Gasteiger partial charge in [0.15, 0.2) is 0 Å². The number of likely N-dealkylation sites (tertiary alicyclic amines) is 1. The van der Waals surface area contributed by atoms with Crippen molar-refractivity contribution in [2.75, 3.05) is 13.1 Å². The maximum Gasteiger partial charge on any atom is 0.237 e. The van der Waals surface area contributed by atoms with Crippen LogP contribution in [0.25, 0.3) is 0 Å². The Morgan fingerprint density at radius 1 is 1.57 bits per heavy atom. The quantitative estimate of drug-likeness (QED) is 0.718. The summed E-state index contributed by atoms with van der Waals surface area (Å²) >= 11 is 0. The van der Waals surface area contributed by atoms with Gasteiger partial charge in [0.05, 0.1) is 6.54 Å². The average molecular weight is 198 g/mol. The zero-order chi connectivity index (χ0) is 10.6. The molecule has 1 atom stereocenters. The van der Waals surface area contributed by atoms with Gasteiger partial charge in [0.25, 0.3) is 0 Å². The molecular weight excluding hydrogens is 180 g/mol. The summed E-state index contributed by atoms with van der Waals surface area (Å²) in [4.78, 5) is 23.8. The molecule has 1 fully saturated rings. The first-order valence-corrected chi connectivity index (χ1v) is 5.19. The number of nitrogens with two attached hydrogens (primary N) is 1. The molecule has 1 heterocycles. The Kier molecular flexibility index (Phi) is 3.92. The van der Waals surface area contributed by atoms with E-state index >= 15 is 0 Å². The number of carbonyl (C=O) groups is 2. The van der Waals surface area contributed by atoms with Crippen molar-refractivity contribution in [1.29, 1.82) is 0 Å². The van der Waals surface area contributed by atoms with E-state index in [4.69, 9.17) is 5.73 Å². The van der Waals surface area contributed by atoms with E-state index in [0.717, 1.165) is 19.3 Å². The first-order valence-electron chi connectivity index (χ1n) is 5.19. The SMILES string of the molecule is CCC1CCC(=O)N(CC(N)=O)CC1. The van der Waals surface area contributed by atoms with Crippen LogP contribution in [0.15, 0.2) is 0 Å². The lowest BCUT2D eigenvalue weighted by atomic mass is 9.98. The molecule has 1 aliphatic rings. The maximum absolute atomic E-state index is 11.5. The van der Waals surface area contributed by atoms with E-state index in [1.54, 1.807) is 4.90 Å². The van der Waals surface area contributed by atoms with Crippen molar-refractivity contribution >= 4 is 11.8 Å². The standard InChI is InChI=1S/C10H18N2O2/c1-2-8-3-4-10(14)12(6-5-8)7-9(11)13/h8H,2-7H2,1H3,(H2,11,13). The summed E-state index contributed by atoms with van der Waals surface area (Å²) in [6.45, 7) is 2.90. The zero-order valence-electron chi connectivity index (χ0n) is 8.66. The minimum absolute atomic E-state index is 0.0692. The Labute approximate surface area is 84.4 Å². The zero-order valence-corrected chi connectivity index (χ0v) is 8.66. The van der Waals surface area contributed by atoms with Crippen LogP contribution in [0.1, 0.15) is 32.6 Å². The number of hydrogen-bond acceptors (Lipinski definition) is 2. The third kappa shape index (κ3) is 3.01. The number of rotatable bonds is 3. The number of hydrogen-bond donors (Lipinski definition) is 1. The van der Waals surface area contributed by atoms with Crippen LogP contribution >= 0.6 is 0 Å². The predicted octanol–water partition coefficient (Wildman–Crippen LogP) is 0.510. The van der Waals surface area contributed by atoms with Crippen LogP contribution in [-0.4, -0.2) is 29.8 Å². The fourth-order valence-electron chi connectivity index (χ4n) is 1.86. The van der Waals surface area contributed by atoms with Gasteiger partial charge >= 0.3 is 0 Å². The van der Waals surface area contributed by atoms with Crippen LogP contribution in [-0.2, 0) is 9.59 Å². The van der Waals surface area contributed by atoms with Crippen LogP contribution in [0, 0.1) is 5.92 Å². The molecule has 0 aromatic rings. The first kappa shape index (κ1) is 11.0. The van der Waals surface area contributed by atoms with Gasteiger partial charge < -0.3 is 10.6 Å². The van der Waals surface area contributed by atoms with E-state index in [0.29, 0.717) is 18.9 Å². The molecule has 0 saturated carbocycles. The fourth-order valence-corrected chi connectivity index (χ4v) is 1.86. The van der Waals surface area contributed by atoms with E-state index < -0.39 is 5.91 Å². The van der Waals surface area contributed by atoms with Gasteiger partial charge in [-0.25, -0.2) is 0 Å². The molecule has 0 aliphatic carbocycles. The molecule has 1 aliphatic heterocycles. The second-order valence-corrected chi connectivity index (χ2v) is 3.88. The Bertz CT molecular complexity index is 228. The van der Waals surface area contributed by atoms with Crippen LogP contribution in [0.4, 0.5) is 0 Å². The molecule has 0 bridgehead atoms. The molecule has 4 heteroatoms. The van der Waals surface area contributed by atoms with Gasteiger partial charge in [0.2, 0.25) is 11.8 Å². The Balaban J connectivity index is 2.51. The smallest absolute Gasteiger partial charge is 0.237 e. The third-order valence-corrected chi connectivity index (χ3v) is 2.85. The van der Waals surface area contributed by atoms with Crippen LogP contribution in [0.2, 0.25) is 0 Å². The van der Waals surface area contributed by atoms with E-state index in [-0.39, 0.29) is 12.5 Å². The second kappa shape index (κ2) is 4.98. The Morgan fingerprint density at radius 2 is 2.29 bits per heavy atom. The molecule has 2 amide bonds. The van der Waals surface area contributed by atoms with Gasteiger partial charge in [-0.2, -0.15) is 0 Å². The van der Waals surface area contributed by atoms with Gasteiger partial charge in [-0.05, 0) is 18.8 Å². The van der Waals surface area contributed by atoms with Gasteiger partial charge in [0, 0.05) is 13.0 Å². The van der Waals surface area contributed by atoms with E-state index in [1.165, 1.54) is 0 Å². The van der Waals surface area contributed by atoms with Gasteiger partial charge in [-0.1, -0.05) is 13.3 Å². The Hall–Kier alpha value is -1.06. The minimum Gasteiger partial charge on any atom is -0.368 e. The number of amides is 2. The Morgan fingerprint density at radius 3 is 2.86 bits per heavy atom. The summed E-state index contributed by atoms with van der Waals surface area (Å²) in [5.74, 6) is 0.268. The number of primary amides is 1.